The second kappa shape index (κ2) is 13.7. The number of rotatable bonds is 6. The molecule has 3 heteroatoms. The van der Waals surface area contributed by atoms with Gasteiger partial charge in [-0.15, -0.1) is 0 Å². The lowest BCUT2D eigenvalue weighted by atomic mass is 9.81. The Kier molecular flexibility index (Phi) is 8.37. The van der Waals surface area contributed by atoms with Crippen molar-refractivity contribution in [2.45, 2.75) is 52.8 Å². The van der Waals surface area contributed by atoms with E-state index in [9.17, 15) is 0 Å². The molecule has 1 aliphatic rings. The average molecular weight is 803 g/mol. The van der Waals surface area contributed by atoms with Crippen LogP contribution < -0.4 is 10.1 Å². The second-order valence-electron chi connectivity index (χ2n) is 18.7. The summed E-state index contributed by atoms with van der Waals surface area (Å²) in [6, 6.07) is 66.4. The first-order chi connectivity index (χ1) is 29.5. The molecule has 0 aliphatic heterocycles. The number of hydrogen-bond acceptors (Lipinski definition) is 1. The van der Waals surface area contributed by atoms with Gasteiger partial charge in [0.15, 0.2) is 0 Å². The first-order valence-electron chi connectivity index (χ1n) is 21.7. The van der Waals surface area contributed by atoms with Crippen molar-refractivity contribution in [3.05, 3.63) is 198 Å². The van der Waals surface area contributed by atoms with E-state index in [4.69, 9.17) is 0 Å². The summed E-state index contributed by atoms with van der Waals surface area (Å²) in [4.78, 5) is 2.54. The first kappa shape index (κ1) is 37.3. The highest BCUT2D eigenvalue weighted by molar-refractivity contribution is 6.90. The molecule has 0 fully saturated rings. The van der Waals surface area contributed by atoms with E-state index in [1.807, 2.05) is 0 Å². The van der Waals surface area contributed by atoms with Crippen molar-refractivity contribution in [3.63, 3.8) is 0 Å². The number of fused-ring (bicyclic) bond motifs is 9. The normalized spacial score (nSPS) is 13.3. The molecule has 1 aliphatic carbocycles. The molecular weight excluding hydrogens is 753 g/mol. The van der Waals surface area contributed by atoms with Crippen molar-refractivity contribution < 1.29 is 0 Å². The molecular formula is C58H50N2Si. The zero-order valence-electron chi connectivity index (χ0n) is 36.1. The van der Waals surface area contributed by atoms with Crippen LogP contribution >= 0.6 is 0 Å². The Bertz CT molecular complexity index is 3380. The number of benzene rings is 9. The maximum absolute atomic E-state index is 2.54. The molecule has 1 aromatic heterocycles. The zero-order chi connectivity index (χ0) is 41.8. The number of hydrogen-bond donors (Lipinski definition) is 0. The molecule has 0 amide bonds. The fraction of sp³-hybridized carbons (Fsp3) is 0.138. The summed E-state index contributed by atoms with van der Waals surface area (Å²) in [6.45, 7) is 16.6. The molecule has 61 heavy (non-hydrogen) atoms. The molecule has 0 atom stereocenters. The predicted octanol–water partition coefficient (Wildman–Crippen LogP) is 15.7. The Morgan fingerprint density at radius 2 is 1.13 bits per heavy atom. The van der Waals surface area contributed by atoms with Crippen LogP contribution in [0.15, 0.2) is 176 Å². The molecule has 9 aromatic carbocycles. The first-order valence-corrected chi connectivity index (χ1v) is 25.2. The molecule has 0 spiro atoms. The lowest BCUT2D eigenvalue weighted by Gasteiger charge is -2.31. The van der Waals surface area contributed by atoms with E-state index in [2.05, 4.69) is 233 Å². The third kappa shape index (κ3) is 5.75. The molecule has 0 unspecified atom stereocenters. The SMILES string of the molecule is Cc1ccc(N(c2ccc([Si](C)(C)C)c3ccccc23)c2cc3c(c4ccccc24)-c2ccc(-n4c5ccc(C)cc5c5cccc(-c6ccccc6)c54)cc2C3(C)C)cc1. The van der Waals surface area contributed by atoms with Crippen LogP contribution in [0.3, 0.4) is 0 Å². The fourth-order valence-corrected chi connectivity index (χ4v) is 12.0. The Morgan fingerprint density at radius 1 is 0.475 bits per heavy atom. The Hall–Kier alpha value is -6.68. The molecule has 0 radical (unpaired) electrons. The average Bonchev–Trinajstić information content (AvgIpc) is 3.71. The van der Waals surface area contributed by atoms with Gasteiger partial charge in [0.1, 0.15) is 0 Å². The van der Waals surface area contributed by atoms with Crippen molar-refractivity contribution >= 4 is 73.7 Å². The zero-order valence-corrected chi connectivity index (χ0v) is 37.1. The highest BCUT2D eigenvalue weighted by atomic mass is 28.3. The molecule has 10 aromatic rings. The molecule has 11 rings (SSSR count). The van der Waals surface area contributed by atoms with E-state index >= 15 is 0 Å². The second-order valence-corrected chi connectivity index (χ2v) is 23.8. The largest absolute Gasteiger partial charge is 0.309 e. The highest BCUT2D eigenvalue weighted by Gasteiger charge is 2.39. The van der Waals surface area contributed by atoms with Crippen LogP contribution in [-0.2, 0) is 5.41 Å². The number of aromatic nitrogens is 1. The van der Waals surface area contributed by atoms with Gasteiger partial charge in [-0.25, -0.2) is 0 Å². The predicted molar refractivity (Wildman–Crippen MR) is 266 cm³/mol. The van der Waals surface area contributed by atoms with E-state index in [1.165, 1.54) is 110 Å². The van der Waals surface area contributed by atoms with E-state index < -0.39 is 8.07 Å². The van der Waals surface area contributed by atoms with E-state index in [1.54, 1.807) is 0 Å². The van der Waals surface area contributed by atoms with Crippen LogP contribution in [0.25, 0.3) is 71.3 Å². The molecule has 0 saturated heterocycles. The summed E-state index contributed by atoms with van der Waals surface area (Å²) in [6.07, 6.45) is 0. The van der Waals surface area contributed by atoms with Gasteiger partial charge in [0.2, 0.25) is 0 Å². The lowest BCUT2D eigenvalue weighted by Crippen LogP contribution is -2.38. The van der Waals surface area contributed by atoms with E-state index in [0.717, 1.165) is 5.69 Å². The minimum absolute atomic E-state index is 0.278. The molecule has 0 saturated carbocycles. The summed E-state index contributed by atoms with van der Waals surface area (Å²) < 4.78 is 2.52. The van der Waals surface area contributed by atoms with Gasteiger partial charge in [-0.3, -0.25) is 0 Å². The Balaban J connectivity index is 1.16. The monoisotopic (exact) mass is 802 g/mol. The third-order valence-corrected chi connectivity index (χ3v) is 15.5. The molecule has 0 N–H and O–H groups in total. The summed E-state index contributed by atoms with van der Waals surface area (Å²) in [5.41, 5.74) is 17.3. The molecule has 2 nitrogen and oxygen atoms in total. The highest BCUT2D eigenvalue weighted by Crippen LogP contribution is 2.55. The van der Waals surface area contributed by atoms with Gasteiger partial charge in [-0.2, -0.15) is 0 Å². The number of nitrogens with zero attached hydrogens (tertiary/aromatic N) is 2. The smallest absolute Gasteiger partial charge is 0.0784 e. The van der Waals surface area contributed by atoms with Crippen molar-refractivity contribution in [3.8, 4) is 27.9 Å². The van der Waals surface area contributed by atoms with Crippen molar-refractivity contribution in [2.24, 2.45) is 0 Å². The van der Waals surface area contributed by atoms with Crippen LogP contribution in [0.1, 0.15) is 36.1 Å². The Morgan fingerprint density at radius 3 is 1.87 bits per heavy atom. The summed E-state index contributed by atoms with van der Waals surface area (Å²) in [7, 11) is -1.63. The quantitative estimate of drug-likeness (QED) is 0.152. The minimum atomic E-state index is -1.63. The van der Waals surface area contributed by atoms with Crippen LogP contribution in [0.2, 0.25) is 19.6 Å². The molecule has 296 valence electrons. The van der Waals surface area contributed by atoms with Crippen molar-refractivity contribution in [2.75, 3.05) is 4.90 Å². The summed E-state index contributed by atoms with van der Waals surface area (Å²) in [5.74, 6) is 0. The number of aryl methyl sites for hydroxylation is 2. The number of para-hydroxylation sites is 1. The van der Waals surface area contributed by atoms with Gasteiger partial charge >= 0.3 is 0 Å². The van der Waals surface area contributed by atoms with Crippen LogP contribution in [0, 0.1) is 13.8 Å². The topological polar surface area (TPSA) is 8.17 Å². The van der Waals surface area contributed by atoms with Crippen LogP contribution in [0.4, 0.5) is 17.1 Å². The van der Waals surface area contributed by atoms with E-state index in [-0.39, 0.29) is 5.41 Å². The van der Waals surface area contributed by atoms with Crippen molar-refractivity contribution in [1.82, 2.24) is 4.57 Å². The van der Waals surface area contributed by atoms with Crippen LogP contribution in [0.5, 0.6) is 0 Å². The summed E-state index contributed by atoms with van der Waals surface area (Å²) >= 11 is 0. The van der Waals surface area contributed by atoms with Gasteiger partial charge in [-0.1, -0.05) is 177 Å². The van der Waals surface area contributed by atoms with E-state index in [0.29, 0.717) is 0 Å². The van der Waals surface area contributed by atoms with Gasteiger partial charge in [0.25, 0.3) is 0 Å². The molecule has 1 heterocycles. The van der Waals surface area contributed by atoms with Crippen LogP contribution in [-0.4, -0.2) is 12.6 Å². The maximum atomic E-state index is 2.54. The fourth-order valence-electron chi connectivity index (χ4n) is 10.4. The molecule has 0 bridgehead atoms. The van der Waals surface area contributed by atoms with Crippen molar-refractivity contribution in [1.29, 1.82) is 0 Å². The van der Waals surface area contributed by atoms with Gasteiger partial charge < -0.3 is 9.47 Å². The Labute approximate surface area is 360 Å². The summed E-state index contributed by atoms with van der Waals surface area (Å²) in [5, 5.41) is 9.24. The standard InChI is InChI=1S/C58H50N2Si/c1-37-24-27-40(28-25-37)59(52-32-33-55(61(5,6)7)45-20-13-11-18-43(45)52)54-36-51-56(46-21-14-12-19-44(46)54)48-30-29-41(35-50(48)58(51,3)4)60-53-31-26-38(2)34-49(53)47-23-15-22-42(57(47)60)39-16-9-8-10-17-39/h8-36H,1-7H3. The minimum Gasteiger partial charge on any atom is -0.309 e. The maximum Gasteiger partial charge on any atom is 0.0784 e. The number of anilines is 3. The lowest BCUT2D eigenvalue weighted by molar-refractivity contribution is 0.660. The van der Waals surface area contributed by atoms with Gasteiger partial charge in [0.05, 0.1) is 30.5 Å². The third-order valence-electron chi connectivity index (χ3n) is 13.4. The van der Waals surface area contributed by atoms with Gasteiger partial charge in [-0.05, 0) is 101 Å². The van der Waals surface area contributed by atoms with Gasteiger partial charge in [0, 0.05) is 43.9 Å².